The molecule has 0 aliphatic heterocycles. The first-order valence-corrected chi connectivity index (χ1v) is 5.62. The van der Waals surface area contributed by atoms with Crippen LogP contribution in [0.5, 0.6) is 11.5 Å². The van der Waals surface area contributed by atoms with Gasteiger partial charge in [-0.1, -0.05) is 12.1 Å². The molecule has 0 amide bonds. The van der Waals surface area contributed by atoms with Crippen LogP contribution in [0.3, 0.4) is 0 Å². The standard InChI is InChI=1S/C13H21NO3/c1-12(2,13(3,4)17)14-8-9-6-5-7-10(15)11(9)16/h5-7,14-17H,8H2,1-4H3. The number of aromatic hydroxyl groups is 2. The number of benzene rings is 1. The first kappa shape index (κ1) is 13.8. The molecule has 0 aliphatic rings. The van der Waals surface area contributed by atoms with Gasteiger partial charge in [0.1, 0.15) is 0 Å². The van der Waals surface area contributed by atoms with Crippen LogP contribution in [-0.2, 0) is 6.54 Å². The highest BCUT2D eigenvalue weighted by Crippen LogP contribution is 2.29. The summed E-state index contributed by atoms with van der Waals surface area (Å²) in [6.45, 7) is 7.58. The van der Waals surface area contributed by atoms with Gasteiger partial charge in [-0.3, -0.25) is 0 Å². The predicted octanol–water partition coefficient (Wildman–Crippen LogP) is 1.74. The second-order valence-electron chi connectivity index (χ2n) is 5.32. The van der Waals surface area contributed by atoms with E-state index in [0.29, 0.717) is 12.1 Å². The van der Waals surface area contributed by atoms with E-state index in [4.69, 9.17) is 0 Å². The molecule has 0 bridgehead atoms. The second kappa shape index (κ2) is 4.55. The van der Waals surface area contributed by atoms with Gasteiger partial charge in [0.25, 0.3) is 0 Å². The van der Waals surface area contributed by atoms with Crippen LogP contribution in [0.15, 0.2) is 18.2 Å². The van der Waals surface area contributed by atoms with Crippen molar-refractivity contribution in [2.24, 2.45) is 0 Å². The van der Waals surface area contributed by atoms with E-state index in [0.717, 1.165) is 0 Å². The molecule has 0 aliphatic carbocycles. The van der Waals surface area contributed by atoms with Crippen molar-refractivity contribution in [3.63, 3.8) is 0 Å². The molecule has 0 unspecified atom stereocenters. The molecule has 0 saturated heterocycles. The summed E-state index contributed by atoms with van der Waals surface area (Å²) in [5.41, 5.74) is -0.799. The van der Waals surface area contributed by atoms with Gasteiger partial charge in [0.15, 0.2) is 11.5 Å². The van der Waals surface area contributed by atoms with E-state index >= 15 is 0 Å². The van der Waals surface area contributed by atoms with Crippen molar-refractivity contribution >= 4 is 0 Å². The van der Waals surface area contributed by atoms with Gasteiger partial charge >= 0.3 is 0 Å². The van der Waals surface area contributed by atoms with Crippen molar-refractivity contribution in [2.75, 3.05) is 0 Å². The van der Waals surface area contributed by atoms with Gasteiger partial charge in [-0.2, -0.15) is 0 Å². The third-order valence-corrected chi connectivity index (χ3v) is 3.35. The van der Waals surface area contributed by atoms with E-state index in [1.807, 2.05) is 13.8 Å². The van der Waals surface area contributed by atoms with Crippen LogP contribution < -0.4 is 5.32 Å². The smallest absolute Gasteiger partial charge is 0.161 e. The molecule has 0 radical (unpaired) electrons. The molecule has 1 aromatic rings. The monoisotopic (exact) mass is 239 g/mol. The Hall–Kier alpha value is -1.26. The third-order valence-electron chi connectivity index (χ3n) is 3.35. The average Bonchev–Trinajstić information content (AvgIpc) is 2.18. The minimum Gasteiger partial charge on any atom is -0.504 e. The summed E-state index contributed by atoms with van der Waals surface area (Å²) in [5, 5.41) is 32.1. The Morgan fingerprint density at radius 1 is 1.12 bits per heavy atom. The zero-order chi connectivity index (χ0) is 13.3. The summed E-state index contributed by atoms with van der Waals surface area (Å²) in [5.74, 6) is -0.253. The number of hydrogen-bond donors (Lipinski definition) is 4. The van der Waals surface area contributed by atoms with Crippen molar-refractivity contribution in [3.05, 3.63) is 23.8 Å². The van der Waals surface area contributed by atoms with Gasteiger partial charge in [0.05, 0.1) is 5.60 Å². The largest absolute Gasteiger partial charge is 0.504 e. The summed E-state index contributed by atoms with van der Waals surface area (Å²) in [7, 11) is 0. The van der Waals surface area contributed by atoms with Crippen LogP contribution in [-0.4, -0.2) is 26.5 Å². The second-order valence-corrected chi connectivity index (χ2v) is 5.32. The van der Waals surface area contributed by atoms with E-state index in [1.165, 1.54) is 6.07 Å². The summed E-state index contributed by atoms with van der Waals surface area (Å²) >= 11 is 0. The van der Waals surface area contributed by atoms with E-state index < -0.39 is 11.1 Å². The highest BCUT2D eigenvalue weighted by atomic mass is 16.3. The Morgan fingerprint density at radius 2 is 1.71 bits per heavy atom. The normalized spacial score (nSPS) is 12.8. The number of phenols is 2. The Balaban J connectivity index is 2.78. The number of para-hydroxylation sites is 1. The summed E-state index contributed by atoms with van der Waals surface area (Å²) in [6, 6.07) is 4.83. The van der Waals surface area contributed by atoms with E-state index in [9.17, 15) is 15.3 Å². The molecule has 4 nitrogen and oxygen atoms in total. The predicted molar refractivity (Wildman–Crippen MR) is 67.0 cm³/mol. The van der Waals surface area contributed by atoms with Gasteiger partial charge < -0.3 is 20.6 Å². The van der Waals surface area contributed by atoms with Gasteiger partial charge in [0.2, 0.25) is 0 Å². The fourth-order valence-electron chi connectivity index (χ4n) is 1.25. The summed E-state index contributed by atoms with van der Waals surface area (Å²) < 4.78 is 0. The molecule has 1 aromatic carbocycles. The minimum absolute atomic E-state index is 0.119. The van der Waals surface area contributed by atoms with Crippen LogP contribution in [0.2, 0.25) is 0 Å². The maximum absolute atomic E-state index is 9.97. The number of hydrogen-bond acceptors (Lipinski definition) is 4. The van der Waals surface area contributed by atoms with Gasteiger partial charge in [-0.25, -0.2) is 0 Å². The SMILES string of the molecule is CC(C)(O)C(C)(C)NCc1cccc(O)c1O. The maximum atomic E-state index is 9.97. The molecule has 96 valence electrons. The molecular weight excluding hydrogens is 218 g/mol. The topological polar surface area (TPSA) is 72.7 Å². The van der Waals surface area contributed by atoms with Crippen LogP contribution in [0.1, 0.15) is 33.3 Å². The number of nitrogens with one attached hydrogen (secondary N) is 1. The molecule has 4 N–H and O–H groups in total. The van der Waals surface area contributed by atoms with Crippen molar-refractivity contribution in [1.29, 1.82) is 0 Å². The van der Waals surface area contributed by atoms with Gasteiger partial charge in [-0.15, -0.1) is 0 Å². The maximum Gasteiger partial charge on any atom is 0.161 e. The molecule has 0 atom stereocenters. The number of rotatable bonds is 4. The van der Waals surface area contributed by atoms with E-state index in [-0.39, 0.29) is 11.5 Å². The molecule has 0 fully saturated rings. The lowest BCUT2D eigenvalue weighted by molar-refractivity contribution is -0.00540. The summed E-state index contributed by atoms with van der Waals surface area (Å²) in [6.07, 6.45) is 0. The van der Waals surface area contributed by atoms with Gasteiger partial charge in [-0.05, 0) is 33.8 Å². The Kier molecular flexibility index (Phi) is 3.69. The molecule has 4 heteroatoms. The number of aliphatic hydroxyl groups is 1. The van der Waals surface area contributed by atoms with E-state index in [1.54, 1.807) is 26.0 Å². The van der Waals surface area contributed by atoms with Crippen LogP contribution >= 0.6 is 0 Å². The lowest BCUT2D eigenvalue weighted by Crippen LogP contribution is -2.55. The van der Waals surface area contributed by atoms with Crippen molar-refractivity contribution in [2.45, 2.75) is 45.4 Å². The average molecular weight is 239 g/mol. The molecule has 0 heterocycles. The Morgan fingerprint density at radius 3 is 2.24 bits per heavy atom. The zero-order valence-electron chi connectivity index (χ0n) is 10.8. The van der Waals surface area contributed by atoms with Crippen molar-refractivity contribution in [3.8, 4) is 11.5 Å². The molecule has 0 aromatic heterocycles. The molecule has 1 rings (SSSR count). The van der Waals surface area contributed by atoms with Crippen molar-refractivity contribution < 1.29 is 15.3 Å². The molecule has 0 saturated carbocycles. The first-order valence-electron chi connectivity index (χ1n) is 5.62. The fraction of sp³-hybridized carbons (Fsp3) is 0.538. The quantitative estimate of drug-likeness (QED) is 0.604. The lowest BCUT2D eigenvalue weighted by Gasteiger charge is -2.38. The van der Waals surface area contributed by atoms with Gasteiger partial charge in [0, 0.05) is 17.6 Å². The Labute approximate surface area is 102 Å². The molecule has 17 heavy (non-hydrogen) atoms. The minimum atomic E-state index is -0.889. The van der Waals surface area contributed by atoms with Crippen LogP contribution in [0.4, 0.5) is 0 Å². The Bertz CT molecular complexity index is 394. The third kappa shape index (κ3) is 3.11. The van der Waals surface area contributed by atoms with Crippen LogP contribution in [0.25, 0.3) is 0 Å². The molecule has 0 spiro atoms. The summed E-state index contributed by atoms with van der Waals surface area (Å²) in [4.78, 5) is 0. The van der Waals surface area contributed by atoms with E-state index in [2.05, 4.69) is 5.32 Å². The highest BCUT2D eigenvalue weighted by molar-refractivity contribution is 5.44. The van der Waals surface area contributed by atoms with Crippen molar-refractivity contribution in [1.82, 2.24) is 5.32 Å². The molecular formula is C13H21NO3. The first-order chi connectivity index (χ1) is 7.65. The lowest BCUT2D eigenvalue weighted by atomic mass is 9.86. The fourth-order valence-corrected chi connectivity index (χ4v) is 1.25. The van der Waals surface area contributed by atoms with Crippen LogP contribution in [0, 0.1) is 0 Å². The zero-order valence-corrected chi connectivity index (χ0v) is 10.8. The highest BCUT2D eigenvalue weighted by Gasteiger charge is 2.34. The number of phenolic OH excluding ortho intramolecular Hbond substituents is 2.